The van der Waals surface area contributed by atoms with Gasteiger partial charge in [-0.3, -0.25) is 10.1 Å². The minimum absolute atomic E-state index is 0.0804. The molecule has 0 amide bonds. The number of rotatable bonds is 7. The molecule has 126 valence electrons. The molecule has 2 aromatic rings. The molecule has 8 heteroatoms. The third-order valence-electron chi connectivity index (χ3n) is 3.04. The highest BCUT2D eigenvalue weighted by Crippen LogP contribution is 2.20. The molecule has 0 aliphatic carbocycles. The molecule has 0 spiro atoms. The summed E-state index contributed by atoms with van der Waals surface area (Å²) < 4.78 is 28.4. The second-order valence-electron chi connectivity index (χ2n) is 4.66. The van der Waals surface area contributed by atoms with E-state index in [4.69, 9.17) is 14.2 Å². The van der Waals surface area contributed by atoms with Crippen LogP contribution in [0.25, 0.3) is 0 Å². The Labute approximate surface area is 136 Å². The summed E-state index contributed by atoms with van der Waals surface area (Å²) in [6, 6.07) is 9.16. The van der Waals surface area contributed by atoms with Gasteiger partial charge in [-0.05, 0) is 30.3 Å². The number of nitro groups is 1. The number of benzene rings is 2. The Balaban J connectivity index is 1.85. The van der Waals surface area contributed by atoms with Crippen LogP contribution in [0.4, 0.5) is 10.1 Å². The van der Waals surface area contributed by atoms with Gasteiger partial charge in [0.1, 0.15) is 23.9 Å². The van der Waals surface area contributed by atoms with E-state index in [0.717, 1.165) is 0 Å². The fourth-order valence-electron chi connectivity index (χ4n) is 1.87. The van der Waals surface area contributed by atoms with Crippen LogP contribution in [-0.2, 0) is 16.1 Å². The number of methoxy groups -OCH3 is 1. The lowest BCUT2D eigenvalue weighted by Crippen LogP contribution is -2.15. The molecule has 0 heterocycles. The van der Waals surface area contributed by atoms with E-state index in [9.17, 15) is 19.3 Å². The molecule has 0 fully saturated rings. The van der Waals surface area contributed by atoms with E-state index in [1.165, 1.54) is 49.6 Å². The molecule has 0 aliphatic rings. The summed E-state index contributed by atoms with van der Waals surface area (Å²) in [6.45, 7) is -0.543. The first-order valence-electron chi connectivity index (χ1n) is 6.85. The van der Waals surface area contributed by atoms with Crippen molar-refractivity contribution in [3.8, 4) is 11.5 Å². The predicted molar refractivity (Wildman–Crippen MR) is 81.3 cm³/mol. The zero-order valence-electron chi connectivity index (χ0n) is 12.7. The van der Waals surface area contributed by atoms with Gasteiger partial charge < -0.3 is 14.2 Å². The number of ether oxygens (including phenoxy) is 3. The van der Waals surface area contributed by atoms with Gasteiger partial charge in [0, 0.05) is 17.7 Å². The van der Waals surface area contributed by atoms with Gasteiger partial charge in [0.25, 0.3) is 5.69 Å². The van der Waals surface area contributed by atoms with Crippen LogP contribution in [0, 0.1) is 15.9 Å². The smallest absolute Gasteiger partial charge is 0.344 e. The molecular formula is C16H14FNO6. The van der Waals surface area contributed by atoms with Crippen molar-refractivity contribution >= 4 is 11.7 Å². The van der Waals surface area contributed by atoms with Gasteiger partial charge in [0.15, 0.2) is 6.61 Å². The zero-order chi connectivity index (χ0) is 17.5. The molecule has 0 aromatic heterocycles. The van der Waals surface area contributed by atoms with Gasteiger partial charge in [-0.1, -0.05) is 0 Å². The summed E-state index contributed by atoms with van der Waals surface area (Å²) in [5, 5.41) is 10.5. The fraction of sp³-hybridized carbons (Fsp3) is 0.188. The van der Waals surface area contributed by atoms with Crippen molar-refractivity contribution < 1.29 is 28.3 Å². The Morgan fingerprint density at radius 3 is 2.54 bits per heavy atom. The first-order valence-corrected chi connectivity index (χ1v) is 6.85. The highest BCUT2D eigenvalue weighted by atomic mass is 19.1. The van der Waals surface area contributed by atoms with E-state index >= 15 is 0 Å². The molecule has 0 radical (unpaired) electrons. The Hall–Kier alpha value is -3.16. The maximum atomic E-state index is 13.2. The summed E-state index contributed by atoms with van der Waals surface area (Å²) in [6.07, 6.45) is 0. The zero-order valence-corrected chi connectivity index (χ0v) is 12.7. The lowest BCUT2D eigenvalue weighted by molar-refractivity contribution is -0.384. The minimum Gasteiger partial charge on any atom is -0.496 e. The van der Waals surface area contributed by atoms with Gasteiger partial charge in [0.2, 0.25) is 0 Å². The highest BCUT2D eigenvalue weighted by Gasteiger charge is 2.10. The van der Waals surface area contributed by atoms with Crippen LogP contribution in [0.5, 0.6) is 11.5 Å². The number of carbonyl (C=O) groups excluding carboxylic acids is 1. The monoisotopic (exact) mass is 335 g/mol. The lowest BCUT2D eigenvalue weighted by atomic mass is 10.2. The van der Waals surface area contributed by atoms with E-state index in [1.807, 2.05) is 0 Å². The third kappa shape index (κ3) is 4.67. The van der Waals surface area contributed by atoms with Gasteiger partial charge >= 0.3 is 5.97 Å². The summed E-state index contributed by atoms with van der Waals surface area (Å²) >= 11 is 0. The number of hydrogen-bond acceptors (Lipinski definition) is 6. The van der Waals surface area contributed by atoms with E-state index < -0.39 is 16.7 Å². The largest absolute Gasteiger partial charge is 0.496 e. The van der Waals surface area contributed by atoms with Gasteiger partial charge in [-0.2, -0.15) is 0 Å². The van der Waals surface area contributed by atoms with Crippen LogP contribution in [0.15, 0.2) is 42.5 Å². The average Bonchev–Trinajstić information content (AvgIpc) is 2.58. The van der Waals surface area contributed by atoms with Gasteiger partial charge in [-0.25, -0.2) is 9.18 Å². The summed E-state index contributed by atoms with van der Waals surface area (Å²) in [5.41, 5.74) is 0.310. The van der Waals surface area contributed by atoms with Crippen molar-refractivity contribution in [3.05, 3.63) is 64.0 Å². The van der Waals surface area contributed by atoms with E-state index in [0.29, 0.717) is 17.1 Å². The summed E-state index contributed by atoms with van der Waals surface area (Å²) in [5.74, 6) is -0.440. The van der Waals surface area contributed by atoms with Crippen molar-refractivity contribution in [3.63, 3.8) is 0 Å². The van der Waals surface area contributed by atoms with Crippen LogP contribution in [-0.4, -0.2) is 24.6 Å². The normalized spacial score (nSPS) is 10.1. The Morgan fingerprint density at radius 2 is 1.92 bits per heavy atom. The minimum atomic E-state index is -0.667. The van der Waals surface area contributed by atoms with Crippen LogP contribution in [0.2, 0.25) is 0 Å². The van der Waals surface area contributed by atoms with E-state index in [1.54, 1.807) is 0 Å². The second kappa shape index (κ2) is 7.91. The van der Waals surface area contributed by atoms with Crippen molar-refractivity contribution in [1.29, 1.82) is 0 Å². The standard InChI is InChI=1S/C16H14FNO6/c1-22-15-7-2-12(17)8-11(15)9-24-16(19)10-23-14-5-3-13(4-6-14)18(20)21/h2-8H,9-10H2,1H3. The molecule has 0 N–H and O–H groups in total. The van der Waals surface area contributed by atoms with Crippen molar-refractivity contribution in [2.24, 2.45) is 0 Å². The predicted octanol–water partition coefficient (Wildman–Crippen LogP) is 2.86. The number of esters is 1. The lowest BCUT2D eigenvalue weighted by Gasteiger charge is -2.10. The average molecular weight is 335 g/mol. The maximum Gasteiger partial charge on any atom is 0.344 e. The quantitative estimate of drug-likeness (QED) is 0.439. The van der Waals surface area contributed by atoms with Crippen molar-refractivity contribution in [2.75, 3.05) is 13.7 Å². The first-order chi connectivity index (χ1) is 11.5. The number of hydrogen-bond donors (Lipinski definition) is 0. The summed E-state index contributed by atoms with van der Waals surface area (Å²) in [4.78, 5) is 21.7. The molecule has 0 saturated carbocycles. The van der Waals surface area contributed by atoms with Crippen LogP contribution in [0.1, 0.15) is 5.56 Å². The van der Waals surface area contributed by atoms with Gasteiger partial charge in [0.05, 0.1) is 12.0 Å². The highest BCUT2D eigenvalue weighted by molar-refractivity contribution is 5.71. The summed E-state index contributed by atoms with van der Waals surface area (Å²) in [7, 11) is 1.43. The molecule has 0 aliphatic heterocycles. The van der Waals surface area contributed by atoms with Crippen LogP contribution < -0.4 is 9.47 Å². The second-order valence-corrected chi connectivity index (χ2v) is 4.66. The SMILES string of the molecule is COc1ccc(F)cc1COC(=O)COc1ccc([N+](=O)[O-])cc1. The van der Waals surface area contributed by atoms with E-state index in [2.05, 4.69) is 0 Å². The molecule has 0 saturated heterocycles. The molecular weight excluding hydrogens is 321 g/mol. The molecule has 7 nitrogen and oxygen atoms in total. The number of halogens is 1. The Morgan fingerprint density at radius 1 is 1.21 bits per heavy atom. The number of nitrogens with zero attached hydrogens (tertiary/aromatic N) is 1. The Kier molecular flexibility index (Phi) is 5.67. The number of non-ortho nitro benzene ring substituents is 1. The first kappa shape index (κ1) is 17.2. The molecule has 2 aromatic carbocycles. The molecule has 0 bridgehead atoms. The van der Waals surface area contributed by atoms with Gasteiger partial charge in [-0.15, -0.1) is 0 Å². The maximum absolute atomic E-state index is 13.2. The van der Waals surface area contributed by atoms with Crippen LogP contribution >= 0.6 is 0 Å². The van der Waals surface area contributed by atoms with E-state index in [-0.39, 0.29) is 18.9 Å². The number of carbonyl (C=O) groups is 1. The topological polar surface area (TPSA) is 87.9 Å². The molecule has 24 heavy (non-hydrogen) atoms. The third-order valence-corrected chi connectivity index (χ3v) is 3.04. The number of nitro benzene ring substituents is 1. The Bertz CT molecular complexity index is 732. The fourth-order valence-corrected chi connectivity index (χ4v) is 1.87. The molecule has 0 unspecified atom stereocenters. The van der Waals surface area contributed by atoms with Crippen molar-refractivity contribution in [2.45, 2.75) is 6.61 Å². The van der Waals surface area contributed by atoms with Crippen molar-refractivity contribution in [1.82, 2.24) is 0 Å². The molecule has 0 atom stereocenters. The van der Waals surface area contributed by atoms with Crippen LogP contribution in [0.3, 0.4) is 0 Å². The molecule has 2 rings (SSSR count).